The van der Waals surface area contributed by atoms with Gasteiger partial charge in [0.25, 0.3) is 5.91 Å². The van der Waals surface area contributed by atoms with Crippen LogP contribution in [0.4, 0.5) is 11.4 Å². The highest BCUT2D eigenvalue weighted by atomic mass is 35.5. The van der Waals surface area contributed by atoms with E-state index in [0.29, 0.717) is 35.7 Å². The topological polar surface area (TPSA) is 90.4 Å². The van der Waals surface area contributed by atoms with Crippen LogP contribution in [-0.2, 0) is 19.1 Å². The van der Waals surface area contributed by atoms with Gasteiger partial charge in [-0.2, -0.15) is 0 Å². The van der Waals surface area contributed by atoms with Crippen LogP contribution in [0.1, 0.15) is 33.1 Å². The summed E-state index contributed by atoms with van der Waals surface area (Å²) in [6, 6.07) is 14.5. The number of carbonyl (C=O) groups is 3. The molecule has 3 heterocycles. The first kappa shape index (κ1) is 30.0. The Morgan fingerprint density at radius 3 is 2.21 bits per heavy atom. The molecule has 42 heavy (non-hydrogen) atoms. The molecule has 0 aromatic heterocycles. The van der Waals surface area contributed by atoms with E-state index in [1.54, 1.807) is 46.2 Å². The molecule has 2 unspecified atom stereocenters. The highest BCUT2D eigenvalue weighted by Crippen LogP contribution is 2.64. The number of halogens is 1. The number of ether oxygens (including phenoxy) is 1. The van der Waals surface area contributed by atoms with Crippen LogP contribution in [0.15, 0.2) is 79.9 Å². The van der Waals surface area contributed by atoms with E-state index in [4.69, 9.17) is 16.3 Å². The molecule has 222 valence electrons. The van der Waals surface area contributed by atoms with Crippen LogP contribution < -0.4 is 9.80 Å². The number of aliphatic hydroxyl groups excluding tert-OH is 1. The molecule has 9 heteroatoms. The summed E-state index contributed by atoms with van der Waals surface area (Å²) in [5.41, 5.74) is -0.879. The molecule has 3 fully saturated rings. The number of nitrogens with zero attached hydrogens (tertiary/aromatic N) is 3. The summed E-state index contributed by atoms with van der Waals surface area (Å²) < 4.78 is 6.81. The van der Waals surface area contributed by atoms with Gasteiger partial charge in [-0.25, -0.2) is 0 Å². The molecule has 1 N–H and O–H groups in total. The van der Waals surface area contributed by atoms with Crippen molar-refractivity contribution in [3.63, 3.8) is 0 Å². The van der Waals surface area contributed by atoms with Crippen molar-refractivity contribution in [1.29, 1.82) is 0 Å². The number of benzene rings is 2. The van der Waals surface area contributed by atoms with E-state index in [-0.39, 0.29) is 37.4 Å². The highest BCUT2D eigenvalue weighted by molar-refractivity contribution is 6.30. The Kier molecular flexibility index (Phi) is 8.34. The zero-order valence-electron chi connectivity index (χ0n) is 24.1. The standard InChI is InChI=1S/C33H38ClN3O5/c1-5-19-35(24-11-9-8-10-12-24)29(39)26-27-30(40)37(23(7-3)21-38)28(33(27)18-17-32(26,4)42-33)31(41)36(20-6-2)25-15-13-22(34)14-16-25/h5-6,8-16,23,26-28,38H,1-2,7,17-21H2,3-4H3/t23-,26-,27-,28?,32+,33?/m0/s1. The van der Waals surface area contributed by atoms with Gasteiger partial charge in [0, 0.05) is 29.5 Å². The zero-order chi connectivity index (χ0) is 30.2. The second kappa shape index (κ2) is 11.7. The molecule has 0 radical (unpaired) electrons. The molecule has 3 amide bonds. The Morgan fingerprint density at radius 1 is 1.05 bits per heavy atom. The zero-order valence-corrected chi connectivity index (χ0v) is 24.9. The summed E-state index contributed by atoms with van der Waals surface area (Å²) in [6.07, 6.45) is 4.66. The molecular formula is C33H38ClN3O5. The van der Waals surface area contributed by atoms with Crippen molar-refractivity contribution >= 4 is 40.7 Å². The van der Waals surface area contributed by atoms with Crippen molar-refractivity contribution in [2.45, 2.75) is 56.4 Å². The molecule has 0 aliphatic carbocycles. The van der Waals surface area contributed by atoms with Gasteiger partial charge in [-0.3, -0.25) is 14.4 Å². The molecule has 0 saturated carbocycles. The van der Waals surface area contributed by atoms with Gasteiger partial charge in [-0.15, -0.1) is 13.2 Å². The van der Waals surface area contributed by atoms with Crippen molar-refractivity contribution < 1.29 is 24.2 Å². The predicted octanol–water partition coefficient (Wildman–Crippen LogP) is 4.61. The SMILES string of the molecule is C=CCN(C(=O)C1N([C@@H](CC)CO)C(=O)[C@@H]2[C@@H](C(=O)N(CC=C)c3ccccc3)[C@@]3(C)CCC12O3)c1ccc(Cl)cc1. The number of hydrogen-bond donors (Lipinski definition) is 1. The maximum absolute atomic E-state index is 14.7. The Morgan fingerprint density at radius 2 is 1.64 bits per heavy atom. The van der Waals surface area contributed by atoms with Gasteiger partial charge in [0.1, 0.15) is 11.6 Å². The maximum atomic E-state index is 14.7. The first-order valence-corrected chi connectivity index (χ1v) is 14.8. The molecule has 3 saturated heterocycles. The third-order valence-electron chi connectivity index (χ3n) is 9.15. The minimum Gasteiger partial charge on any atom is -0.394 e. The van der Waals surface area contributed by atoms with E-state index in [1.807, 2.05) is 44.2 Å². The monoisotopic (exact) mass is 591 g/mol. The molecule has 5 rings (SSSR count). The van der Waals surface area contributed by atoms with Crippen LogP contribution in [0.5, 0.6) is 0 Å². The normalized spacial score (nSPS) is 28.3. The minimum atomic E-state index is -1.23. The molecule has 3 aliphatic heterocycles. The second-order valence-electron chi connectivity index (χ2n) is 11.5. The predicted molar refractivity (Wildman–Crippen MR) is 163 cm³/mol. The van der Waals surface area contributed by atoms with E-state index in [1.165, 1.54) is 4.90 Å². The number of likely N-dealkylation sites (tertiary alicyclic amines) is 1. The lowest BCUT2D eigenvalue weighted by atomic mass is 9.66. The van der Waals surface area contributed by atoms with E-state index < -0.39 is 35.1 Å². The molecule has 2 aromatic carbocycles. The summed E-state index contributed by atoms with van der Waals surface area (Å²) in [6.45, 7) is 11.6. The molecule has 8 nitrogen and oxygen atoms in total. The van der Waals surface area contributed by atoms with Crippen molar-refractivity contribution in [2.24, 2.45) is 11.8 Å². The van der Waals surface area contributed by atoms with Crippen LogP contribution in [0.25, 0.3) is 0 Å². The van der Waals surface area contributed by atoms with Crippen LogP contribution in [-0.4, -0.2) is 70.7 Å². The van der Waals surface area contributed by atoms with Crippen LogP contribution >= 0.6 is 11.6 Å². The lowest BCUT2D eigenvalue weighted by molar-refractivity contribution is -0.148. The van der Waals surface area contributed by atoms with Gasteiger partial charge in [0.2, 0.25) is 11.8 Å². The van der Waals surface area contributed by atoms with Crippen molar-refractivity contribution in [1.82, 2.24) is 4.90 Å². The third-order valence-corrected chi connectivity index (χ3v) is 9.40. The Bertz CT molecular complexity index is 1360. The maximum Gasteiger partial charge on any atom is 0.253 e. The number of amides is 3. The van der Waals surface area contributed by atoms with Gasteiger partial charge in [-0.05, 0) is 62.6 Å². The number of aliphatic hydroxyl groups is 1. The molecule has 1 spiro atoms. The Balaban J connectivity index is 1.62. The minimum absolute atomic E-state index is 0.191. The van der Waals surface area contributed by atoms with Crippen molar-refractivity contribution in [3.8, 4) is 0 Å². The quantitative estimate of drug-likeness (QED) is 0.385. The molecule has 2 bridgehead atoms. The lowest BCUT2D eigenvalue weighted by Crippen LogP contribution is -2.59. The Hall–Kier alpha value is -3.46. The van der Waals surface area contributed by atoms with E-state index in [9.17, 15) is 19.5 Å². The summed E-state index contributed by atoms with van der Waals surface area (Å²) in [4.78, 5) is 48.3. The summed E-state index contributed by atoms with van der Waals surface area (Å²) >= 11 is 6.13. The second-order valence-corrected chi connectivity index (χ2v) is 11.9. The number of anilines is 2. The largest absolute Gasteiger partial charge is 0.394 e. The van der Waals surface area contributed by atoms with E-state index >= 15 is 0 Å². The fourth-order valence-corrected chi connectivity index (χ4v) is 7.40. The summed E-state index contributed by atoms with van der Waals surface area (Å²) in [5.74, 6) is -2.63. The molecular weight excluding hydrogens is 554 g/mol. The Labute approximate surface area is 252 Å². The van der Waals surface area contributed by atoms with Gasteiger partial charge in [0.15, 0.2) is 0 Å². The van der Waals surface area contributed by atoms with Gasteiger partial charge >= 0.3 is 0 Å². The first-order chi connectivity index (χ1) is 20.2. The fraction of sp³-hybridized carbons (Fsp3) is 0.424. The molecule has 6 atom stereocenters. The first-order valence-electron chi connectivity index (χ1n) is 14.5. The van der Waals surface area contributed by atoms with E-state index in [2.05, 4.69) is 13.2 Å². The van der Waals surface area contributed by atoms with Crippen molar-refractivity contribution in [3.05, 3.63) is 84.9 Å². The van der Waals surface area contributed by atoms with Crippen LogP contribution in [0.2, 0.25) is 5.02 Å². The number of hydrogen-bond acceptors (Lipinski definition) is 5. The smallest absolute Gasteiger partial charge is 0.253 e. The third kappa shape index (κ3) is 4.66. The highest BCUT2D eigenvalue weighted by Gasteiger charge is 2.78. The number of rotatable bonds is 11. The van der Waals surface area contributed by atoms with Crippen LogP contribution in [0, 0.1) is 11.8 Å². The molecule has 2 aromatic rings. The number of para-hydroxylation sites is 1. The van der Waals surface area contributed by atoms with Gasteiger partial charge in [0.05, 0.1) is 30.1 Å². The summed E-state index contributed by atoms with van der Waals surface area (Å²) in [7, 11) is 0. The molecule has 3 aliphatic rings. The average molecular weight is 592 g/mol. The average Bonchev–Trinajstić information content (AvgIpc) is 3.56. The number of carbonyl (C=O) groups excluding carboxylic acids is 3. The lowest BCUT2D eigenvalue weighted by Gasteiger charge is -2.39. The van der Waals surface area contributed by atoms with Gasteiger partial charge < -0.3 is 24.5 Å². The van der Waals surface area contributed by atoms with Gasteiger partial charge in [-0.1, -0.05) is 48.9 Å². The number of fused-ring (bicyclic) bond motifs is 1. The summed E-state index contributed by atoms with van der Waals surface area (Å²) in [5, 5.41) is 10.9. The van der Waals surface area contributed by atoms with Crippen molar-refractivity contribution in [2.75, 3.05) is 29.5 Å². The van der Waals surface area contributed by atoms with Crippen LogP contribution in [0.3, 0.4) is 0 Å². The fourth-order valence-electron chi connectivity index (χ4n) is 7.27. The van der Waals surface area contributed by atoms with E-state index in [0.717, 1.165) is 0 Å².